The van der Waals surface area contributed by atoms with Gasteiger partial charge in [0.2, 0.25) is 0 Å². The third-order valence-corrected chi connectivity index (χ3v) is 3.47. The Morgan fingerprint density at radius 1 is 1.50 bits per heavy atom. The lowest BCUT2D eigenvalue weighted by Gasteiger charge is -2.15. The van der Waals surface area contributed by atoms with Crippen LogP contribution in [-0.4, -0.2) is 12.1 Å². The zero-order chi connectivity index (χ0) is 13.1. The van der Waals surface area contributed by atoms with Crippen molar-refractivity contribution in [3.05, 3.63) is 34.5 Å². The molecule has 1 aromatic carbocycles. The Bertz CT molecular complexity index is 530. The summed E-state index contributed by atoms with van der Waals surface area (Å²) in [6.07, 6.45) is 1.72. The predicted octanol–water partition coefficient (Wildman–Crippen LogP) is 3.05. The highest BCUT2D eigenvalue weighted by atomic mass is 32.1. The largest absolute Gasteiger partial charge is 0.495 e. The van der Waals surface area contributed by atoms with Gasteiger partial charge in [0.25, 0.3) is 0 Å². The first kappa shape index (κ1) is 12.6. The molecule has 4 nitrogen and oxygen atoms in total. The van der Waals surface area contributed by atoms with Crippen LogP contribution >= 0.6 is 11.3 Å². The van der Waals surface area contributed by atoms with Crippen molar-refractivity contribution in [3.63, 3.8) is 0 Å². The van der Waals surface area contributed by atoms with Crippen LogP contribution in [0.5, 0.6) is 5.75 Å². The van der Waals surface area contributed by atoms with E-state index in [1.54, 1.807) is 12.3 Å². The monoisotopic (exact) mass is 267 g/mol. The van der Waals surface area contributed by atoms with Crippen LogP contribution in [0.3, 0.4) is 0 Å². The van der Waals surface area contributed by atoms with E-state index in [4.69, 9.17) is 10.5 Å². The Hall–Kier alpha value is -1.82. The quantitative estimate of drug-likeness (QED) is 0.836. The van der Waals surface area contributed by atoms with Crippen molar-refractivity contribution in [2.75, 3.05) is 18.2 Å². The number of hydrogen-bond donors (Lipinski definition) is 2. The number of nitrogens with two attached hydrogens (primary N) is 1. The minimum Gasteiger partial charge on any atom is -0.495 e. The SMILES string of the molecule is COc1cc(NC(C)c2nccs2)c(F)cc1N. The van der Waals surface area contributed by atoms with Gasteiger partial charge < -0.3 is 15.8 Å². The fraction of sp³-hybridized carbons (Fsp3) is 0.250. The van der Waals surface area contributed by atoms with Gasteiger partial charge in [0.05, 0.1) is 24.5 Å². The lowest BCUT2D eigenvalue weighted by atomic mass is 10.2. The fourth-order valence-corrected chi connectivity index (χ4v) is 2.25. The van der Waals surface area contributed by atoms with Crippen molar-refractivity contribution in [1.82, 2.24) is 4.98 Å². The van der Waals surface area contributed by atoms with E-state index in [2.05, 4.69) is 10.3 Å². The van der Waals surface area contributed by atoms with E-state index in [0.717, 1.165) is 5.01 Å². The first-order valence-corrected chi connectivity index (χ1v) is 6.28. The summed E-state index contributed by atoms with van der Waals surface area (Å²) in [7, 11) is 1.50. The number of anilines is 2. The van der Waals surface area contributed by atoms with Crippen LogP contribution in [0.15, 0.2) is 23.7 Å². The zero-order valence-corrected chi connectivity index (χ0v) is 10.9. The third kappa shape index (κ3) is 2.53. The lowest BCUT2D eigenvalue weighted by molar-refractivity contribution is 0.416. The number of nitrogen functional groups attached to an aromatic ring is 1. The number of rotatable bonds is 4. The Labute approximate surface area is 109 Å². The number of hydrogen-bond acceptors (Lipinski definition) is 5. The van der Waals surface area contributed by atoms with E-state index in [0.29, 0.717) is 11.4 Å². The first-order valence-electron chi connectivity index (χ1n) is 5.40. The molecule has 0 aliphatic heterocycles. The van der Waals surface area contributed by atoms with Gasteiger partial charge in [-0.05, 0) is 6.92 Å². The molecule has 0 bridgehead atoms. The highest BCUT2D eigenvalue weighted by Gasteiger charge is 2.13. The summed E-state index contributed by atoms with van der Waals surface area (Å²) >= 11 is 1.52. The van der Waals surface area contributed by atoms with E-state index >= 15 is 0 Å². The topological polar surface area (TPSA) is 60.2 Å². The smallest absolute Gasteiger partial charge is 0.148 e. The standard InChI is InChI=1S/C12H14FN3OS/c1-7(12-15-3-4-18-12)16-10-6-11(17-2)9(14)5-8(10)13/h3-7,16H,14H2,1-2H3. The van der Waals surface area contributed by atoms with Gasteiger partial charge in [-0.15, -0.1) is 11.3 Å². The van der Waals surface area contributed by atoms with Crippen molar-refractivity contribution in [1.29, 1.82) is 0 Å². The van der Waals surface area contributed by atoms with Gasteiger partial charge in [0, 0.05) is 23.7 Å². The van der Waals surface area contributed by atoms with Crippen LogP contribution in [0.1, 0.15) is 18.0 Å². The van der Waals surface area contributed by atoms with Gasteiger partial charge >= 0.3 is 0 Å². The Morgan fingerprint density at radius 2 is 2.28 bits per heavy atom. The summed E-state index contributed by atoms with van der Waals surface area (Å²) in [5, 5.41) is 5.83. The molecule has 2 aromatic rings. The van der Waals surface area contributed by atoms with Crippen molar-refractivity contribution >= 4 is 22.7 Å². The van der Waals surface area contributed by atoms with Crippen LogP contribution < -0.4 is 15.8 Å². The van der Waals surface area contributed by atoms with E-state index in [1.165, 1.54) is 24.5 Å². The lowest BCUT2D eigenvalue weighted by Crippen LogP contribution is -2.08. The summed E-state index contributed by atoms with van der Waals surface area (Å²) in [5.74, 6) is 0.0435. The maximum Gasteiger partial charge on any atom is 0.148 e. The second-order valence-corrected chi connectivity index (χ2v) is 4.74. The van der Waals surface area contributed by atoms with Crippen molar-refractivity contribution in [2.24, 2.45) is 0 Å². The number of aromatic nitrogens is 1. The maximum atomic E-state index is 13.8. The Morgan fingerprint density at radius 3 is 2.89 bits per heavy atom. The first-order chi connectivity index (χ1) is 8.61. The molecular weight excluding hydrogens is 253 g/mol. The number of methoxy groups -OCH3 is 1. The number of thiazole rings is 1. The predicted molar refractivity (Wildman–Crippen MR) is 71.5 cm³/mol. The Balaban J connectivity index is 2.23. The van der Waals surface area contributed by atoms with Crippen molar-refractivity contribution < 1.29 is 9.13 Å². The molecule has 0 spiro atoms. The summed E-state index contributed by atoms with van der Waals surface area (Å²) in [6.45, 7) is 1.92. The molecule has 0 aliphatic carbocycles. The molecule has 3 N–H and O–H groups in total. The average Bonchev–Trinajstić information content (AvgIpc) is 2.86. The van der Waals surface area contributed by atoms with Gasteiger partial charge in [0.1, 0.15) is 16.6 Å². The maximum absolute atomic E-state index is 13.8. The van der Waals surface area contributed by atoms with Crippen LogP contribution in [0.4, 0.5) is 15.8 Å². The molecule has 1 unspecified atom stereocenters. The van der Waals surface area contributed by atoms with Crippen LogP contribution in [-0.2, 0) is 0 Å². The number of ether oxygens (including phenoxy) is 1. The van der Waals surface area contributed by atoms with Gasteiger partial charge in [-0.1, -0.05) is 0 Å². The zero-order valence-electron chi connectivity index (χ0n) is 10.1. The molecule has 1 aromatic heterocycles. The molecule has 0 fully saturated rings. The molecule has 18 heavy (non-hydrogen) atoms. The molecular formula is C12H14FN3OS. The molecule has 0 saturated carbocycles. The molecule has 6 heteroatoms. The normalized spacial score (nSPS) is 12.2. The number of nitrogens with one attached hydrogen (secondary N) is 1. The van der Waals surface area contributed by atoms with Gasteiger partial charge in [-0.3, -0.25) is 0 Å². The summed E-state index contributed by atoms with van der Waals surface area (Å²) in [4.78, 5) is 4.18. The summed E-state index contributed by atoms with van der Waals surface area (Å²) in [5.41, 5.74) is 6.25. The van der Waals surface area contributed by atoms with Gasteiger partial charge in [-0.25, -0.2) is 9.37 Å². The highest BCUT2D eigenvalue weighted by Crippen LogP contribution is 2.30. The van der Waals surface area contributed by atoms with Gasteiger partial charge in [-0.2, -0.15) is 0 Å². The van der Waals surface area contributed by atoms with E-state index < -0.39 is 5.82 Å². The number of nitrogens with zero attached hydrogens (tertiary/aromatic N) is 1. The molecule has 1 heterocycles. The minimum atomic E-state index is -0.406. The summed E-state index contributed by atoms with van der Waals surface area (Å²) < 4.78 is 18.8. The fourth-order valence-electron chi connectivity index (χ4n) is 1.60. The molecule has 0 saturated heterocycles. The third-order valence-electron chi connectivity index (χ3n) is 2.51. The van der Waals surface area contributed by atoms with E-state index in [9.17, 15) is 4.39 Å². The van der Waals surface area contributed by atoms with Crippen LogP contribution in [0.25, 0.3) is 0 Å². The average molecular weight is 267 g/mol. The molecule has 96 valence electrons. The minimum absolute atomic E-state index is 0.0761. The number of benzene rings is 1. The summed E-state index contributed by atoms with van der Waals surface area (Å²) in [6, 6.07) is 2.72. The van der Waals surface area contributed by atoms with Crippen molar-refractivity contribution in [2.45, 2.75) is 13.0 Å². The van der Waals surface area contributed by atoms with Gasteiger partial charge in [0.15, 0.2) is 0 Å². The second-order valence-electron chi connectivity index (χ2n) is 3.81. The second kappa shape index (κ2) is 5.22. The number of halogens is 1. The molecule has 2 rings (SSSR count). The highest BCUT2D eigenvalue weighted by molar-refractivity contribution is 7.09. The molecule has 1 atom stereocenters. The molecule has 0 amide bonds. The van der Waals surface area contributed by atoms with E-state index in [-0.39, 0.29) is 11.7 Å². The van der Waals surface area contributed by atoms with Crippen LogP contribution in [0.2, 0.25) is 0 Å². The van der Waals surface area contributed by atoms with Crippen LogP contribution in [0, 0.1) is 5.82 Å². The Kier molecular flexibility index (Phi) is 3.66. The van der Waals surface area contributed by atoms with Crippen molar-refractivity contribution in [3.8, 4) is 5.75 Å². The van der Waals surface area contributed by atoms with E-state index in [1.807, 2.05) is 12.3 Å². The molecule has 0 aliphatic rings. The molecule has 0 radical (unpaired) electrons.